The first-order valence-corrected chi connectivity index (χ1v) is 8.41. The van der Waals surface area contributed by atoms with Crippen LogP contribution in [0.1, 0.15) is 36.8 Å². The number of piperazine rings is 1. The van der Waals surface area contributed by atoms with Gasteiger partial charge in [0.1, 0.15) is 0 Å². The van der Waals surface area contributed by atoms with Gasteiger partial charge in [0, 0.05) is 44.9 Å². The van der Waals surface area contributed by atoms with Crippen LogP contribution in [0.5, 0.6) is 0 Å². The Balaban J connectivity index is 1.61. The fraction of sp³-hybridized carbons (Fsp3) is 0.667. The van der Waals surface area contributed by atoms with Crippen LogP contribution in [0.2, 0.25) is 0 Å². The molecule has 3 heteroatoms. The molecule has 1 heterocycles. The molecule has 1 aromatic carbocycles. The fourth-order valence-corrected chi connectivity index (χ4v) is 3.56. The molecule has 0 bridgehead atoms. The minimum Gasteiger partial charge on any atom is -0.396 e. The number of rotatable bonds is 5. The van der Waals surface area contributed by atoms with Gasteiger partial charge in [0.25, 0.3) is 0 Å². The SMILES string of the molecule is Cc1ccc(CN2CCN(C3CCC3)CC2CCO)cc1. The summed E-state index contributed by atoms with van der Waals surface area (Å²) in [5, 5.41) is 9.39. The van der Waals surface area contributed by atoms with Crippen LogP contribution in [0.3, 0.4) is 0 Å². The first-order chi connectivity index (χ1) is 10.3. The highest BCUT2D eigenvalue weighted by Gasteiger charge is 2.32. The lowest BCUT2D eigenvalue weighted by Gasteiger charge is -2.47. The Morgan fingerprint density at radius 2 is 1.90 bits per heavy atom. The zero-order valence-electron chi connectivity index (χ0n) is 13.2. The Bertz CT molecular complexity index is 441. The van der Waals surface area contributed by atoms with Crippen LogP contribution in [-0.2, 0) is 6.54 Å². The standard InChI is InChI=1S/C18H28N2O/c1-15-5-7-16(8-6-15)13-19-10-11-20(17-3-2-4-17)14-18(19)9-12-21/h5-8,17-18,21H,2-4,9-14H2,1H3. The second-order valence-electron chi connectivity index (χ2n) is 6.70. The monoisotopic (exact) mass is 288 g/mol. The minimum absolute atomic E-state index is 0.299. The van der Waals surface area contributed by atoms with Crippen LogP contribution in [0.4, 0.5) is 0 Å². The zero-order chi connectivity index (χ0) is 14.7. The molecule has 0 amide bonds. The lowest BCUT2D eigenvalue weighted by Crippen LogP contribution is -2.57. The van der Waals surface area contributed by atoms with Crippen molar-refractivity contribution in [3.63, 3.8) is 0 Å². The first kappa shape index (κ1) is 15.0. The molecule has 2 fully saturated rings. The molecule has 1 unspecified atom stereocenters. The molecule has 0 spiro atoms. The molecule has 21 heavy (non-hydrogen) atoms. The summed E-state index contributed by atoms with van der Waals surface area (Å²) >= 11 is 0. The van der Waals surface area contributed by atoms with E-state index in [9.17, 15) is 5.11 Å². The largest absolute Gasteiger partial charge is 0.396 e. The van der Waals surface area contributed by atoms with Crippen LogP contribution in [0.15, 0.2) is 24.3 Å². The Kier molecular flexibility index (Phi) is 4.94. The third kappa shape index (κ3) is 3.65. The number of hydrogen-bond acceptors (Lipinski definition) is 3. The number of nitrogens with zero attached hydrogens (tertiary/aromatic N) is 2. The number of hydrogen-bond donors (Lipinski definition) is 1. The van der Waals surface area contributed by atoms with Gasteiger partial charge < -0.3 is 5.11 Å². The van der Waals surface area contributed by atoms with Crippen LogP contribution in [0, 0.1) is 6.92 Å². The van der Waals surface area contributed by atoms with Gasteiger partial charge in [-0.25, -0.2) is 0 Å². The maximum absolute atomic E-state index is 9.39. The van der Waals surface area contributed by atoms with E-state index in [-0.39, 0.29) is 0 Å². The maximum atomic E-state index is 9.39. The highest BCUT2D eigenvalue weighted by molar-refractivity contribution is 5.21. The van der Waals surface area contributed by atoms with E-state index in [1.165, 1.54) is 36.9 Å². The number of aryl methyl sites for hydroxylation is 1. The second kappa shape index (κ2) is 6.91. The van der Waals surface area contributed by atoms with E-state index >= 15 is 0 Å². The average molecular weight is 288 g/mol. The van der Waals surface area contributed by atoms with Crippen molar-refractivity contribution in [2.45, 2.75) is 51.2 Å². The number of aliphatic hydroxyl groups excluding tert-OH is 1. The summed E-state index contributed by atoms with van der Waals surface area (Å²) < 4.78 is 0. The molecule has 0 radical (unpaired) electrons. The predicted octanol–water partition coefficient (Wildman–Crippen LogP) is 2.42. The molecule has 1 aromatic rings. The molecule has 3 rings (SSSR count). The second-order valence-corrected chi connectivity index (χ2v) is 6.70. The van der Waals surface area contributed by atoms with Gasteiger partial charge >= 0.3 is 0 Å². The molecule has 1 aliphatic carbocycles. The Hall–Kier alpha value is -0.900. The quantitative estimate of drug-likeness (QED) is 0.901. The highest BCUT2D eigenvalue weighted by Crippen LogP contribution is 2.28. The number of benzene rings is 1. The Labute approximate surface area is 128 Å². The maximum Gasteiger partial charge on any atom is 0.0446 e. The van der Waals surface area contributed by atoms with Crippen molar-refractivity contribution in [2.24, 2.45) is 0 Å². The van der Waals surface area contributed by atoms with Crippen LogP contribution in [0.25, 0.3) is 0 Å². The van der Waals surface area contributed by atoms with Crippen molar-refractivity contribution >= 4 is 0 Å². The minimum atomic E-state index is 0.299. The summed E-state index contributed by atoms with van der Waals surface area (Å²) in [5.74, 6) is 0. The molecular formula is C18H28N2O. The van der Waals surface area contributed by atoms with E-state index in [0.29, 0.717) is 12.6 Å². The van der Waals surface area contributed by atoms with Gasteiger partial charge in [0.2, 0.25) is 0 Å². The van der Waals surface area contributed by atoms with Gasteiger partial charge in [-0.1, -0.05) is 36.2 Å². The van der Waals surface area contributed by atoms with E-state index in [1.54, 1.807) is 0 Å². The first-order valence-electron chi connectivity index (χ1n) is 8.41. The van der Waals surface area contributed by atoms with Gasteiger partial charge in [0.15, 0.2) is 0 Å². The van der Waals surface area contributed by atoms with E-state index in [0.717, 1.165) is 32.1 Å². The summed E-state index contributed by atoms with van der Waals surface area (Å²) in [5.41, 5.74) is 2.71. The topological polar surface area (TPSA) is 26.7 Å². The lowest BCUT2D eigenvalue weighted by molar-refractivity contribution is 0.0112. The lowest BCUT2D eigenvalue weighted by atomic mass is 9.90. The van der Waals surface area contributed by atoms with Crippen molar-refractivity contribution in [3.05, 3.63) is 35.4 Å². The normalized spacial score (nSPS) is 25.0. The molecule has 3 nitrogen and oxygen atoms in total. The van der Waals surface area contributed by atoms with E-state index in [4.69, 9.17) is 0 Å². The summed E-state index contributed by atoms with van der Waals surface area (Å²) in [6.45, 7) is 6.91. The molecule has 116 valence electrons. The van der Waals surface area contributed by atoms with E-state index in [1.807, 2.05) is 0 Å². The average Bonchev–Trinajstić information content (AvgIpc) is 2.42. The third-order valence-electron chi connectivity index (χ3n) is 5.20. The van der Waals surface area contributed by atoms with Crippen molar-refractivity contribution in [3.8, 4) is 0 Å². The molecule has 1 saturated carbocycles. The van der Waals surface area contributed by atoms with Gasteiger partial charge in [0.05, 0.1) is 0 Å². The molecule has 0 aromatic heterocycles. The van der Waals surface area contributed by atoms with E-state index in [2.05, 4.69) is 41.0 Å². The zero-order valence-corrected chi connectivity index (χ0v) is 13.2. The summed E-state index contributed by atoms with van der Waals surface area (Å²) in [6, 6.07) is 10.2. The van der Waals surface area contributed by atoms with Gasteiger partial charge in [-0.05, 0) is 31.7 Å². The van der Waals surface area contributed by atoms with Gasteiger partial charge in [-0.2, -0.15) is 0 Å². The van der Waals surface area contributed by atoms with Crippen molar-refractivity contribution in [1.29, 1.82) is 0 Å². The fourth-order valence-electron chi connectivity index (χ4n) is 3.56. The summed E-state index contributed by atoms with van der Waals surface area (Å²) in [4.78, 5) is 5.23. The Morgan fingerprint density at radius 3 is 2.52 bits per heavy atom. The molecule has 2 aliphatic rings. The predicted molar refractivity (Wildman–Crippen MR) is 86.3 cm³/mol. The molecular weight excluding hydrogens is 260 g/mol. The smallest absolute Gasteiger partial charge is 0.0446 e. The summed E-state index contributed by atoms with van der Waals surface area (Å²) in [6.07, 6.45) is 5.06. The highest BCUT2D eigenvalue weighted by atomic mass is 16.3. The van der Waals surface area contributed by atoms with Gasteiger partial charge in [-0.15, -0.1) is 0 Å². The van der Waals surface area contributed by atoms with Crippen LogP contribution < -0.4 is 0 Å². The third-order valence-corrected chi connectivity index (χ3v) is 5.20. The van der Waals surface area contributed by atoms with E-state index < -0.39 is 0 Å². The van der Waals surface area contributed by atoms with Crippen LogP contribution in [-0.4, -0.2) is 53.2 Å². The number of aliphatic hydroxyl groups is 1. The van der Waals surface area contributed by atoms with Crippen molar-refractivity contribution in [2.75, 3.05) is 26.2 Å². The molecule has 1 aliphatic heterocycles. The van der Waals surface area contributed by atoms with Gasteiger partial charge in [-0.3, -0.25) is 9.80 Å². The Morgan fingerprint density at radius 1 is 1.14 bits per heavy atom. The molecule has 1 atom stereocenters. The van der Waals surface area contributed by atoms with Crippen molar-refractivity contribution in [1.82, 2.24) is 9.80 Å². The molecule has 1 N–H and O–H groups in total. The van der Waals surface area contributed by atoms with Crippen LogP contribution >= 0.6 is 0 Å². The molecule has 1 saturated heterocycles. The van der Waals surface area contributed by atoms with Crippen molar-refractivity contribution < 1.29 is 5.11 Å². The summed E-state index contributed by atoms with van der Waals surface area (Å²) in [7, 11) is 0.